The van der Waals surface area contributed by atoms with E-state index in [9.17, 15) is 24.0 Å². The lowest BCUT2D eigenvalue weighted by atomic mass is 9.91. The van der Waals surface area contributed by atoms with E-state index in [2.05, 4.69) is 10.6 Å². The molecule has 1 aliphatic carbocycles. The second-order valence-corrected chi connectivity index (χ2v) is 7.74. The number of nitrogens with one attached hydrogen (secondary N) is 2. The Morgan fingerprint density at radius 2 is 1.31 bits per heavy atom. The zero-order valence-electron chi connectivity index (χ0n) is 18.0. The molecule has 0 aliphatic heterocycles. The van der Waals surface area contributed by atoms with Crippen molar-refractivity contribution in [3.8, 4) is 11.1 Å². The van der Waals surface area contributed by atoms with Crippen molar-refractivity contribution < 1.29 is 24.0 Å². The van der Waals surface area contributed by atoms with Gasteiger partial charge in [0.25, 0.3) is 5.91 Å². The Bertz CT molecular complexity index is 1010. The topological polar surface area (TPSA) is 109 Å². The smallest absolute Gasteiger partial charge is 0.287 e. The molecule has 7 nitrogen and oxygen atoms in total. The Morgan fingerprint density at radius 3 is 1.91 bits per heavy atom. The molecular formula is C25H26N2O5. The number of ketones is 3. The summed E-state index contributed by atoms with van der Waals surface area (Å²) in [5.41, 5.74) is 4.14. The first kappa shape index (κ1) is 23.1. The third-order valence-electron chi connectivity index (χ3n) is 5.57. The van der Waals surface area contributed by atoms with E-state index in [1.54, 1.807) is 6.92 Å². The first-order valence-electron chi connectivity index (χ1n) is 10.7. The van der Waals surface area contributed by atoms with Crippen LogP contribution in [-0.2, 0) is 24.0 Å². The van der Waals surface area contributed by atoms with Crippen LogP contribution in [0.2, 0.25) is 0 Å². The molecule has 7 heteroatoms. The van der Waals surface area contributed by atoms with Crippen molar-refractivity contribution in [3.63, 3.8) is 0 Å². The highest BCUT2D eigenvalue weighted by atomic mass is 16.2. The van der Waals surface area contributed by atoms with Crippen molar-refractivity contribution in [3.05, 3.63) is 59.7 Å². The minimum Gasteiger partial charge on any atom is -0.347 e. The summed E-state index contributed by atoms with van der Waals surface area (Å²) in [5.74, 6) is -2.50. The van der Waals surface area contributed by atoms with Crippen molar-refractivity contribution in [2.75, 3.05) is 13.1 Å². The van der Waals surface area contributed by atoms with Gasteiger partial charge in [-0.1, -0.05) is 55.5 Å². The molecule has 0 saturated heterocycles. The number of rotatable bonds is 11. The predicted octanol–water partition coefficient (Wildman–Crippen LogP) is 2.32. The molecule has 0 saturated carbocycles. The van der Waals surface area contributed by atoms with E-state index in [-0.39, 0.29) is 43.3 Å². The van der Waals surface area contributed by atoms with Gasteiger partial charge in [-0.05, 0) is 22.3 Å². The maximum Gasteiger partial charge on any atom is 0.287 e. The SMILES string of the molecule is CCC(=O)CCC(=O)CNC(=O)CNC(=O)C(=O)CC1c2ccccc2-c2ccccc21. The summed E-state index contributed by atoms with van der Waals surface area (Å²) in [6, 6.07) is 15.6. The first-order valence-corrected chi connectivity index (χ1v) is 10.7. The van der Waals surface area contributed by atoms with Crippen molar-refractivity contribution in [2.45, 2.75) is 38.5 Å². The molecule has 2 amide bonds. The Hall–Kier alpha value is -3.61. The second-order valence-electron chi connectivity index (χ2n) is 7.74. The fraction of sp³-hybridized carbons (Fsp3) is 0.320. The summed E-state index contributed by atoms with van der Waals surface area (Å²) >= 11 is 0. The number of carbonyl (C=O) groups excluding carboxylic acids is 5. The zero-order valence-corrected chi connectivity index (χ0v) is 18.0. The summed E-state index contributed by atoms with van der Waals surface area (Å²) in [7, 11) is 0. The molecule has 0 aromatic heterocycles. The third kappa shape index (κ3) is 5.55. The summed E-state index contributed by atoms with van der Waals surface area (Å²) in [5, 5.41) is 4.71. The van der Waals surface area contributed by atoms with Crippen LogP contribution in [0, 0.1) is 0 Å². The van der Waals surface area contributed by atoms with Crippen LogP contribution in [0.15, 0.2) is 48.5 Å². The van der Waals surface area contributed by atoms with E-state index in [1.807, 2.05) is 48.5 Å². The van der Waals surface area contributed by atoms with Gasteiger partial charge in [-0.2, -0.15) is 0 Å². The average Bonchev–Trinajstić information content (AvgIpc) is 3.13. The van der Waals surface area contributed by atoms with Gasteiger partial charge in [0.2, 0.25) is 11.7 Å². The van der Waals surface area contributed by atoms with Gasteiger partial charge in [0, 0.05) is 31.6 Å². The fourth-order valence-electron chi connectivity index (χ4n) is 3.82. The number of carbonyl (C=O) groups is 5. The molecule has 2 aromatic carbocycles. The molecule has 0 heterocycles. The van der Waals surface area contributed by atoms with Crippen LogP contribution < -0.4 is 10.6 Å². The predicted molar refractivity (Wildman–Crippen MR) is 119 cm³/mol. The van der Waals surface area contributed by atoms with Crippen LogP contribution in [0.1, 0.15) is 49.7 Å². The van der Waals surface area contributed by atoms with E-state index in [4.69, 9.17) is 0 Å². The standard InChI is InChI=1S/C25H26N2O5/c1-2-16(28)11-12-17(29)14-26-24(31)15-27-25(32)23(30)13-22-20-9-5-3-7-18(20)19-8-4-6-10-21(19)22/h3-10,22H,2,11-15H2,1H3,(H,26,31)(H,27,32). The number of amides is 2. The number of Topliss-reactive ketones (excluding diaryl/α,β-unsaturated/α-hetero) is 3. The van der Waals surface area contributed by atoms with Gasteiger partial charge in [0.1, 0.15) is 5.78 Å². The normalized spacial score (nSPS) is 11.9. The van der Waals surface area contributed by atoms with Crippen molar-refractivity contribution >= 4 is 29.2 Å². The molecule has 3 rings (SSSR count). The number of benzene rings is 2. The van der Waals surface area contributed by atoms with Crippen LogP contribution in [0.3, 0.4) is 0 Å². The van der Waals surface area contributed by atoms with E-state index in [1.165, 1.54) is 0 Å². The molecular weight excluding hydrogens is 408 g/mol. The molecule has 0 fully saturated rings. The van der Waals surface area contributed by atoms with Crippen LogP contribution in [-0.4, -0.2) is 42.3 Å². The summed E-state index contributed by atoms with van der Waals surface area (Å²) < 4.78 is 0. The lowest BCUT2D eigenvalue weighted by molar-refractivity contribution is -0.138. The minimum absolute atomic E-state index is 0.00538. The van der Waals surface area contributed by atoms with Crippen LogP contribution in [0.4, 0.5) is 0 Å². The number of hydrogen-bond donors (Lipinski definition) is 2. The molecule has 0 unspecified atom stereocenters. The lowest BCUT2D eigenvalue weighted by Crippen LogP contribution is -2.41. The van der Waals surface area contributed by atoms with Gasteiger partial charge in [-0.15, -0.1) is 0 Å². The fourth-order valence-corrected chi connectivity index (χ4v) is 3.82. The Balaban J connectivity index is 1.49. The molecule has 166 valence electrons. The van der Waals surface area contributed by atoms with E-state index in [0.29, 0.717) is 6.42 Å². The zero-order chi connectivity index (χ0) is 23.1. The summed E-state index contributed by atoms with van der Waals surface area (Å²) in [6.07, 6.45) is 0.606. The maximum absolute atomic E-state index is 12.5. The van der Waals surface area contributed by atoms with E-state index < -0.39 is 24.1 Å². The molecule has 2 N–H and O–H groups in total. The van der Waals surface area contributed by atoms with Crippen molar-refractivity contribution in [1.82, 2.24) is 10.6 Å². The second kappa shape index (κ2) is 10.6. The first-order chi connectivity index (χ1) is 15.4. The highest BCUT2D eigenvalue weighted by molar-refractivity contribution is 6.36. The van der Waals surface area contributed by atoms with Crippen molar-refractivity contribution in [2.24, 2.45) is 0 Å². The van der Waals surface area contributed by atoms with Crippen LogP contribution >= 0.6 is 0 Å². The van der Waals surface area contributed by atoms with Gasteiger partial charge in [0.05, 0.1) is 13.1 Å². The monoisotopic (exact) mass is 434 g/mol. The highest BCUT2D eigenvalue weighted by Crippen LogP contribution is 2.46. The Morgan fingerprint density at radius 1 is 0.750 bits per heavy atom. The highest BCUT2D eigenvalue weighted by Gasteiger charge is 2.31. The van der Waals surface area contributed by atoms with E-state index >= 15 is 0 Å². The van der Waals surface area contributed by atoms with Crippen LogP contribution in [0.5, 0.6) is 0 Å². The number of fused-ring (bicyclic) bond motifs is 3. The van der Waals surface area contributed by atoms with Gasteiger partial charge in [0.15, 0.2) is 5.78 Å². The Labute approximate surface area is 186 Å². The van der Waals surface area contributed by atoms with E-state index in [0.717, 1.165) is 22.3 Å². The molecule has 2 aromatic rings. The van der Waals surface area contributed by atoms with Gasteiger partial charge in [-0.3, -0.25) is 24.0 Å². The van der Waals surface area contributed by atoms with Gasteiger partial charge < -0.3 is 10.6 Å². The lowest BCUT2D eigenvalue weighted by Gasteiger charge is -2.12. The van der Waals surface area contributed by atoms with Crippen LogP contribution in [0.25, 0.3) is 11.1 Å². The Kier molecular flexibility index (Phi) is 7.65. The quantitative estimate of drug-likeness (QED) is 0.528. The van der Waals surface area contributed by atoms with Gasteiger partial charge in [-0.25, -0.2) is 0 Å². The van der Waals surface area contributed by atoms with Crippen molar-refractivity contribution in [1.29, 1.82) is 0 Å². The maximum atomic E-state index is 12.5. The molecule has 0 radical (unpaired) electrons. The third-order valence-corrected chi connectivity index (χ3v) is 5.57. The number of hydrogen-bond acceptors (Lipinski definition) is 5. The minimum atomic E-state index is -0.832. The molecule has 1 aliphatic rings. The molecule has 0 spiro atoms. The van der Waals surface area contributed by atoms with Gasteiger partial charge >= 0.3 is 0 Å². The largest absolute Gasteiger partial charge is 0.347 e. The molecule has 0 atom stereocenters. The summed E-state index contributed by atoms with van der Waals surface area (Å²) in [4.78, 5) is 59.6. The summed E-state index contributed by atoms with van der Waals surface area (Å²) in [6.45, 7) is 1.11. The molecule has 0 bridgehead atoms. The average molecular weight is 434 g/mol. The molecule has 32 heavy (non-hydrogen) atoms.